The number of carbonyl (C=O) groups is 1. The molecule has 0 spiro atoms. The molecule has 12 nitrogen and oxygen atoms in total. The van der Waals surface area contributed by atoms with Crippen LogP contribution in [-0.4, -0.2) is 50.6 Å². The lowest BCUT2D eigenvalue weighted by molar-refractivity contribution is 0.102. The average molecular weight is 587 g/mol. The molecule has 0 saturated heterocycles. The third-order valence-corrected chi connectivity index (χ3v) is 7.36. The van der Waals surface area contributed by atoms with Crippen LogP contribution in [0.25, 0.3) is 11.0 Å². The van der Waals surface area contributed by atoms with Crippen molar-refractivity contribution in [1.82, 2.24) is 15.0 Å². The molecule has 214 valence electrons. The number of carbonyl (C=O) groups excluding carboxylic acids is 1. The lowest BCUT2D eigenvalue weighted by Gasteiger charge is -2.15. The summed E-state index contributed by atoms with van der Waals surface area (Å²) in [4.78, 5) is 25.9. The van der Waals surface area contributed by atoms with Crippen LogP contribution in [0.3, 0.4) is 0 Å². The first-order chi connectivity index (χ1) is 20.3. The number of aromatic nitrogens is 3. The predicted octanol–water partition coefficient (Wildman–Crippen LogP) is 4.85. The van der Waals surface area contributed by atoms with Crippen molar-refractivity contribution in [2.24, 2.45) is 0 Å². The number of rotatable bonds is 10. The molecular formula is C29H26N6O6S. The van der Waals surface area contributed by atoms with E-state index in [1.165, 1.54) is 45.7 Å². The van der Waals surface area contributed by atoms with Crippen LogP contribution in [0.15, 0.2) is 90.0 Å². The van der Waals surface area contributed by atoms with Crippen LogP contribution < -0.4 is 29.6 Å². The molecule has 5 rings (SSSR count). The molecule has 0 fully saturated rings. The molecule has 0 radical (unpaired) electrons. The number of hydrogen-bond donors (Lipinski definition) is 3. The largest absolute Gasteiger partial charge is 0.497 e. The first-order valence-corrected chi connectivity index (χ1v) is 14.0. The second-order valence-corrected chi connectivity index (χ2v) is 10.5. The number of methoxy groups -OCH3 is 3. The Hall–Kier alpha value is -5.43. The Labute approximate surface area is 241 Å². The molecule has 3 aromatic carbocycles. The van der Waals surface area contributed by atoms with Crippen molar-refractivity contribution < 1.29 is 27.4 Å². The Morgan fingerprint density at radius 3 is 2.10 bits per heavy atom. The Balaban J connectivity index is 1.47. The number of sulfonamides is 1. The monoisotopic (exact) mass is 586 g/mol. The fraction of sp³-hybridized carbons (Fsp3) is 0.103. The molecule has 0 bridgehead atoms. The topological polar surface area (TPSA) is 154 Å². The molecule has 0 unspecified atom stereocenters. The number of benzene rings is 3. The molecule has 0 aliphatic carbocycles. The summed E-state index contributed by atoms with van der Waals surface area (Å²) >= 11 is 0. The zero-order valence-corrected chi connectivity index (χ0v) is 23.6. The van der Waals surface area contributed by atoms with Gasteiger partial charge >= 0.3 is 0 Å². The van der Waals surface area contributed by atoms with Gasteiger partial charge in [-0.05, 0) is 42.5 Å². The fourth-order valence-electron chi connectivity index (χ4n) is 4.03. The lowest BCUT2D eigenvalue weighted by Crippen LogP contribution is -2.17. The van der Waals surface area contributed by atoms with Crippen molar-refractivity contribution in [1.29, 1.82) is 0 Å². The van der Waals surface area contributed by atoms with Crippen LogP contribution in [0.5, 0.6) is 17.4 Å². The summed E-state index contributed by atoms with van der Waals surface area (Å²) < 4.78 is 45.5. The van der Waals surface area contributed by atoms with Crippen molar-refractivity contribution in [3.8, 4) is 17.4 Å². The minimum Gasteiger partial charge on any atom is -0.497 e. The number of fused-ring (bicyclic) bond motifs is 1. The molecule has 2 heterocycles. The molecule has 0 aliphatic heterocycles. The molecule has 5 aromatic rings. The molecular weight excluding hydrogens is 560 g/mol. The van der Waals surface area contributed by atoms with Crippen LogP contribution in [0.1, 0.15) is 10.4 Å². The number of amides is 1. The number of para-hydroxylation sites is 2. The molecule has 0 aliphatic rings. The van der Waals surface area contributed by atoms with Gasteiger partial charge < -0.3 is 24.8 Å². The molecule has 3 N–H and O–H groups in total. The number of pyridine rings is 1. The second-order valence-electron chi connectivity index (χ2n) is 8.78. The molecule has 42 heavy (non-hydrogen) atoms. The van der Waals surface area contributed by atoms with Crippen LogP contribution in [0.4, 0.5) is 23.0 Å². The third kappa shape index (κ3) is 6.15. The van der Waals surface area contributed by atoms with E-state index < -0.39 is 15.9 Å². The quantitative estimate of drug-likeness (QED) is 0.207. The summed E-state index contributed by atoms with van der Waals surface area (Å²) in [6.45, 7) is 0. The van der Waals surface area contributed by atoms with E-state index in [4.69, 9.17) is 14.2 Å². The highest BCUT2D eigenvalue weighted by atomic mass is 32.2. The molecule has 0 atom stereocenters. The van der Waals surface area contributed by atoms with Crippen molar-refractivity contribution in [3.63, 3.8) is 0 Å². The molecule has 13 heteroatoms. The molecule has 1 amide bonds. The summed E-state index contributed by atoms with van der Waals surface area (Å²) in [6.07, 6.45) is 1.50. The van der Waals surface area contributed by atoms with Gasteiger partial charge in [0, 0.05) is 35.8 Å². The second kappa shape index (κ2) is 12.0. The van der Waals surface area contributed by atoms with Gasteiger partial charge in [0.1, 0.15) is 17.1 Å². The van der Waals surface area contributed by atoms with Crippen LogP contribution >= 0.6 is 0 Å². The van der Waals surface area contributed by atoms with Gasteiger partial charge in [0.15, 0.2) is 11.6 Å². The van der Waals surface area contributed by atoms with Crippen LogP contribution in [-0.2, 0) is 10.0 Å². The van der Waals surface area contributed by atoms with Gasteiger partial charge in [-0.3, -0.25) is 9.52 Å². The van der Waals surface area contributed by atoms with Crippen LogP contribution in [0, 0.1) is 0 Å². The number of nitrogens with zero attached hydrogens (tertiary/aromatic N) is 3. The van der Waals surface area contributed by atoms with E-state index in [0.29, 0.717) is 28.2 Å². The Morgan fingerprint density at radius 1 is 0.738 bits per heavy atom. The number of ether oxygens (including phenoxy) is 3. The van der Waals surface area contributed by atoms with Crippen molar-refractivity contribution >= 4 is 50.0 Å². The van der Waals surface area contributed by atoms with Gasteiger partial charge in [0.25, 0.3) is 15.9 Å². The van der Waals surface area contributed by atoms with Crippen LogP contribution in [0.2, 0.25) is 0 Å². The average Bonchev–Trinajstić information content (AvgIpc) is 3.01. The lowest BCUT2D eigenvalue weighted by atomic mass is 10.2. The Morgan fingerprint density at radius 2 is 1.43 bits per heavy atom. The van der Waals surface area contributed by atoms with E-state index in [9.17, 15) is 13.2 Å². The standard InChI is InChI=1S/C29H26N6O6S/c1-39-20-14-19(15-21(17-20)40-2)31-26-27(34-25-12-5-4-11-24(25)33-26)35-42(37,38)22-9-6-8-18(16-22)32-28(36)23-10-7-13-30-29(23)41-3/h4-17H,1-3H3,(H,31,33)(H,32,36)(H,34,35). The maximum Gasteiger partial charge on any atom is 0.263 e. The summed E-state index contributed by atoms with van der Waals surface area (Å²) in [7, 11) is 0.267. The van der Waals surface area contributed by atoms with Gasteiger partial charge in [0.05, 0.1) is 37.3 Å². The summed E-state index contributed by atoms with van der Waals surface area (Å²) in [5.41, 5.74) is 2.01. The normalized spacial score (nSPS) is 11.0. The molecule has 0 saturated carbocycles. The van der Waals surface area contributed by atoms with E-state index in [1.807, 2.05) is 0 Å². The summed E-state index contributed by atoms with van der Waals surface area (Å²) in [5, 5.41) is 5.80. The fourth-order valence-corrected chi connectivity index (χ4v) is 5.08. The summed E-state index contributed by atoms with van der Waals surface area (Å²) in [5.74, 6) is 0.795. The van der Waals surface area contributed by atoms with Crippen molar-refractivity contribution in [2.75, 3.05) is 36.7 Å². The van der Waals surface area contributed by atoms with Crippen molar-refractivity contribution in [3.05, 3.63) is 90.6 Å². The molecule has 2 aromatic heterocycles. The van der Waals surface area contributed by atoms with Gasteiger partial charge in [-0.15, -0.1) is 0 Å². The SMILES string of the molecule is COc1cc(Nc2nc3ccccc3nc2NS(=O)(=O)c2cccc(NC(=O)c3cccnc3OC)c2)cc(OC)c1. The van der Waals surface area contributed by atoms with E-state index >= 15 is 0 Å². The minimum absolute atomic E-state index is 0.0370. The maximum absolute atomic E-state index is 13.6. The number of anilines is 4. The van der Waals surface area contributed by atoms with Gasteiger partial charge in [0.2, 0.25) is 5.88 Å². The number of hydrogen-bond acceptors (Lipinski definition) is 10. The predicted molar refractivity (Wildman–Crippen MR) is 158 cm³/mol. The van der Waals surface area contributed by atoms with E-state index in [1.54, 1.807) is 60.7 Å². The van der Waals surface area contributed by atoms with E-state index in [-0.39, 0.29) is 33.7 Å². The van der Waals surface area contributed by atoms with Gasteiger partial charge in [-0.25, -0.2) is 23.4 Å². The van der Waals surface area contributed by atoms with Crippen molar-refractivity contribution in [2.45, 2.75) is 4.90 Å². The Bertz CT molecular complexity index is 1860. The Kier molecular flexibility index (Phi) is 8.02. The highest BCUT2D eigenvalue weighted by molar-refractivity contribution is 7.92. The highest BCUT2D eigenvalue weighted by Gasteiger charge is 2.21. The maximum atomic E-state index is 13.6. The minimum atomic E-state index is -4.19. The van der Waals surface area contributed by atoms with E-state index in [2.05, 4.69) is 30.3 Å². The first-order valence-electron chi connectivity index (χ1n) is 12.5. The smallest absolute Gasteiger partial charge is 0.263 e. The first kappa shape index (κ1) is 28.1. The third-order valence-electron chi connectivity index (χ3n) is 6.03. The van der Waals surface area contributed by atoms with Gasteiger partial charge in [-0.1, -0.05) is 18.2 Å². The zero-order chi connectivity index (χ0) is 29.7. The number of nitrogens with one attached hydrogen (secondary N) is 3. The zero-order valence-electron chi connectivity index (χ0n) is 22.8. The summed E-state index contributed by atoms with van der Waals surface area (Å²) in [6, 6.07) is 21.2. The highest BCUT2D eigenvalue weighted by Crippen LogP contribution is 2.31. The van der Waals surface area contributed by atoms with Gasteiger partial charge in [-0.2, -0.15) is 0 Å². The van der Waals surface area contributed by atoms with E-state index in [0.717, 1.165) is 0 Å².